The van der Waals surface area contributed by atoms with E-state index in [9.17, 15) is 4.57 Å². The molecule has 1 aromatic rings. The maximum atomic E-state index is 13.0. The Labute approximate surface area is 104 Å². The summed E-state index contributed by atoms with van der Waals surface area (Å²) >= 11 is 0. The van der Waals surface area contributed by atoms with Crippen molar-refractivity contribution in [2.24, 2.45) is 0 Å². The van der Waals surface area contributed by atoms with Crippen LogP contribution in [0.2, 0.25) is 0 Å². The summed E-state index contributed by atoms with van der Waals surface area (Å²) in [6, 6.07) is 5.48. The molecule has 0 saturated carbocycles. The first kappa shape index (κ1) is 14.1. The number of rotatable bonds is 3. The van der Waals surface area contributed by atoms with E-state index in [0.29, 0.717) is 16.8 Å². The maximum absolute atomic E-state index is 13.0. The second-order valence-corrected chi connectivity index (χ2v) is 8.74. The van der Waals surface area contributed by atoms with Gasteiger partial charge >= 0.3 is 0 Å². The molecule has 0 amide bonds. The van der Waals surface area contributed by atoms with E-state index in [0.717, 1.165) is 0 Å². The molecule has 0 unspecified atom stereocenters. The van der Waals surface area contributed by atoms with Crippen LogP contribution >= 0.6 is 7.14 Å². The second-order valence-electron chi connectivity index (χ2n) is 5.11. The standard InChI is InChI=1S/C13H21O3P/c1-13(2,3)17(6,14)12-10(15-4)8-7-9-11(12)16-5/h7-9H,1-6H3/t17-/m0/s1. The van der Waals surface area contributed by atoms with Gasteiger partial charge in [-0.15, -0.1) is 0 Å². The number of ether oxygens (including phenoxy) is 2. The normalized spacial score (nSPS) is 15.2. The molecule has 0 aromatic heterocycles. The van der Waals surface area contributed by atoms with Gasteiger partial charge in [0.25, 0.3) is 0 Å². The summed E-state index contributed by atoms with van der Waals surface area (Å²) < 4.78 is 23.7. The highest BCUT2D eigenvalue weighted by Gasteiger charge is 2.38. The number of hydrogen-bond donors (Lipinski definition) is 0. The number of methoxy groups -OCH3 is 2. The Morgan fingerprint density at radius 1 is 1.06 bits per heavy atom. The molecule has 0 bridgehead atoms. The van der Waals surface area contributed by atoms with Gasteiger partial charge in [0.05, 0.1) is 19.5 Å². The fourth-order valence-electron chi connectivity index (χ4n) is 1.59. The van der Waals surface area contributed by atoms with Gasteiger partial charge in [0.15, 0.2) is 0 Å². The Hall–Kier alpha value is -0.950. The second kappa shape index (κ2) is 4.73. The Morgan fingerprint density at radius 2 is 1.47 bits per heavy atom. The summed E-state index contributed by atoms with van der Waals surface area (Å²) in [4.78, 5) is 0. The summed E-state index contributed by atoms with van der Waals surface area (Å²) in [5.41, 5.74) is 0. The third-order valence-corrected chi connectivity index (χ3v) is 6.96. The molecule has 96 valence electrons. The van der Waals surface area contributed by atoms with Crippen molar-refractivity contribution in [2.75, 3.05) is 20.9 Å². The first-order chi connectivity index (χ1) is 7.75. The van der Waals surface area contributed by atoms with Gasteiger partial charge in [0.2, 0.25) is 0 Å². The van der Waals surface area contributed by atoms with Gasteiger partial charge in [-0.2, -0.15) is 0 Å². The lowest BCUT2D eigenvalue weighted by molar-refractivity contribution is 0.399. The molecular weight excluding hydrogens is 235 g/mol. The summed E-state index contributed by atoms with van der Waals surface area (Å²) in [5, 5.41) is 0.368. The van der Waals surface area contributed by atoms with Crippen molar-refractivity contribution in [2.45, 2.75) is 25.9 Å². The largest absolute Gasteiger partial charge is 0.496 e. The van der Waals surface area contributed by atoms with Crippen LogP contribution in [0.25, 0.3) is 0 Å². The number of benzene rings is 1. The van der Waals surface area contributed by atoms with E-state index in [2.05, 4.69) is 0 Å². The predicted octanol–water partition coefficient (Wildman–Crippen LogP) is 3.12. The minimum absolute atomic E-state index is 0.324. The van der Waals surface area contributed by atoms with E-state index in [4.69, 9.17) is 9.47 Å². The zero-order valence-corrected chi connectivity index (χ0v) is 12.3. The van der Waals surface area contributed by atoms with Crippen LogP contribution < -0.4 is 14.8 Å². The Bertz CT molecular complexity index is 424. The van der Waals surface area contributed by atoms with E-state index in [1.165, 1.54) is 0 Å². The van der Waals surface area contributed by atoms with Gasteiger partial charge in [-0.25, -0.2) is 0 Å². The van der Waals surface area contributed by atoms with Crippen molar-refractivity contribution in [3.05, 3.63) is 18.2 Å². The molecule has 0 heterocycles. The highest BCUT2D eigenvalue weighted by atomic mass is 31.2. The van der Waals surface area contributed by atoms with Crippen LogP contribution in [0.1, 0.15) is 20.8 Å². The van der Waals surface area contributed by atoms with Gasteiger partial charge in [0, 0.05) is 5.16 Å². The fraction of sp³-hybridized carbons (Fsp3) is 0.538. The van der Waals surface area contributed by atoms with E-state index in [1.807, 2.05) is 39.0 Å². The van der Waals surface area contributed by atoms with Crippen molar-refractivity contribution in [1.82, 2.24) is 0 Å². The Kier molecular flexibility index (Phi) is 3.93. The summed E-state index contributed by atoms with van der Waals surface area (Å²) in [7, 11) is 0.582. The maximum Gasteiger partial charge on any atom is 0.133 e. The molecule has 0 radical (unpaired) electrons. The zero-order valence-electron chi connectivity index (χ0n) is 11.4. The van der Waals surface area contributed by atoms with Crippen LogP contribution in [-0.4, -0.2) is 26.0 Å². The molecule has 0 saturated heterocycles. The molecule has 17 heavy (non-hydrogen) atoms. The highest BCUT2D eigenvalue weighted by molar-refractivity contribution is 7.72. The van der Waals surface area contributed by atoms with Gasteiger partial charge in [-0.1, -0.05) is 26.8 Å². The molecule has 0 spiro atoms. The molecule has 0 N–H and O–H groups in total. The van der Waals surface area contributed by atoms with E-state index < -0.39 is 7.14 Å². The summed E-state index contributed by atoms with van der Waals surface area (Å²) in [6.07, 6.45) is 0. The van der Waals surface area contributed by atoms with Crippen LogP contribution in [0.5, 0.6) is 11.5 Å². The third-order valence-electron chi connectivity index (χ3n) is 3.11. The molecule has 1 aromatic carbocycles. The SMILES string of the molecule is COc1cccc(OC)c1[P@](C)(=O)C(C)(C)C. The van der Waals surface area contributed by atoms with Crippen LogP contribution in [0, 0.1) is 0 Å². The van der Waals surface area contributed by atoms with Crippen molar-refractivity contribution >= 4 is 12.4 Å². The minimum atomic E-state index is -2.59. The van der Waals surface area contributed by atoms with Crippen molar-refractivity contribution in [1.29, 1.82) is 0 Å². The highest BCUT2D eigenvalue weighted by Crippen LogP contribution is 2.56. The molecule has 1 rings (SSSR count). The van der Waals surface area contributed by atoms with Crippen LogP contribution in [0.3, 0.4) is 0 Å². The average molecular weight is 256 g/mol. The molecule has 1 atom stereocenters. The molecule has 3 nitrogen and oxygen atoms in total. The lowest BCUT2D eigenvalue weighted by Crippen LogP contribution is -2.24. The van der Waals surface area contributed by atoms with Crippen molar-refractivity contribution in [3.8, 4) is 11.5 Å². The van der Waals surface area contributed by atoms with E-state index in [-0.39, 0.29) is 5.16 Å². The Morgan fingerprint density at radius 3 is 1.76 bits per heavy atom. The smallest absolute Gasteiger partial charge is 0.133 e. The molecule has 0 aliphatic heterocycles. The number of hydrogen-bond acceptors (Lipinski definition) is 3. The topological polar surface area (TPSA) is 35.5 Å². The first-order valence-electron chi connectivity index (χ1n) is 5.55. The molecule has 0 aliphatic rings. The first-order valence-corrected chi connectivity index (χ1v) is 7.70. The van der Waals surface area contributed by atoms with Crippen molar-refractivity contribution < 1.29 is 14.0 Å². The molecule has 0 fully saturated rings. The van der Waals surface area contributed by atoms with E-state index in [1.54, 1.807) is 20.9 Å². The predicted molar refractivity (Wildman–Crippen MR) is 72.5 cm³/mol. The van der Waals surface area contributed by atoms with Gasteiger partial charge in [-0.05, 0) is 18.8 Å². The van der Waals surface area contributed by atoms with E-state index >= 15 is 0 Å². The summed E-state index contributed by atoms with van der Waals surface area (Å²) in [6.45, 7) is 7.70. The lowest BCUT2D eigenvalue weighted by atomic mass is 10.2. The van der Waals surface area contributed by atoms with Gasteiger partial charge in [0.1, 0.15) is 18.6 Å². The van der Waals surface area contributed by atoms with Crippen LogP contribution in [-0.2, 0) is 4.57 Å². The average Bonchev–Trinajstić information content (AvgIpc) is 2.26. The summed E-state index contributed by atoms with van der Waals surface area (Å²) in [5.74, 6) is 1.26. The van der Waals surface area contributed by atoms with Crippen molar-refractivity contribution in [3.63, 3.8) is 0 Å². The molecule has 0 aliphatic carbocycles. The molecular formula is C13H21O3P. The lowest BCUT2D eigenvalue weighted by Gasteiger charge is -2.30. The monoisotopic (exact) mass is 256 g/mol. The van der Waals surface area contributed by atoms with Gasteiger partial charge in [-0.3, -0.25) is 0 Å². The fourth-order valence-corrected chi connectivity index (χ4v) is 3.43. The molecule has 4 heteroatoms. The third kappa shape index (κ3) is 2.50. The Balaban J connectivity index is 3.54. The van der Waals surface area contributed by atoms with Gasteiger partial charge < -0.3 is 14.0 Å². The van der Waals surface area contributed by atoms with Crippen LogP contribution in [0.15, 0.2) is 18.2 Å². The minimum Gasteiger partial charge on any atom is -0.496 e. The van der Waals surface area contributed by atoms with Crippen LogP contribution in [0.4, 0.5) is 0 Å². The quantitative estimate of drug-likeness (QED) is 0.779. The zero-order chi connectivity index (χ0) is 13.3.